The van der Waals surface area contributed by atoms with E-state index in [4.69, 9.17) is 0 Å². The first-order valence-electron chi connectivity index (χ1n) is 8.12. The fourth-order valence-corrected chi connectivity index (χ4v) is 4.14. The van der Waals surface area contributed by atoms with Crippen molar-refractivity contribution in [3.8, 4) is 0 Å². The topological polar surface area (TPSA) is 15.3 Å². The smallest absolute Gasteiger partial charge is 0.0195 e. The molecule has 2 heteroatoms. The molecule has 2 atom stereocenters. The van der Waals surface area contributed by atoms with Crippen molar-refractivity contribution < 1.29 is 0 Å². The summed E-state index contributed by atoms with van der Waals surface area (Å²) in [7, 11) is 0. The van der Waals surface area contributed by atoms with Crippen LogP contribution in [0, 0.1) is 11.3 Å². The van der Waals surface area contributed by atoms with Crippen LogP contribution < -0.4 is 5.32 Å². The van der Waals surface area contributed by atoms with Crippen LogP contribution in [0.5, 0.6) is 0 Å². The fourth-order valence-electron chi connectivity index (χ4n) is 4.14. The van der Waals surface area contributed by atoms with Crippen LogP contribution in [0.3, 0.4) is 0 Å². The minimum absolute atomic E-state index is 0.549. The Hall–Kier alpha value is -0.0800. The summed E-state index contributed by atoms with van der Waals surface area (Å²) in [6.07, 6.45) is 10.1. The van der Waals surface area contributed by atoms with Gasteiger partial charge in [0.25, 0.3) is 0 Å². The highest BCUT2D eigenvalue weighted by molar-refractivity contribution is 4.95. The van der Waals surface area contributed by atoms with E-state index in [2.05, 4.69) is 24.1 Å². The van der Waals surface area contributed by atoms with E-state index in [1.807, 2.05) is 0 Å². The molecule has 1 N–H and O–H groups in total. The molecule has 0 aromatic carbocycles. The molecule has 3 aliphatic rings. The van der Waals surface area contributed by atoms with Crippen LogP contribution in [0.15, 0.2) is 0 Å². The van der Waals surface area contributed by atoms with Crippen molar-refractivity contribution >= 4 is 0 Å². The predicted octanol–water partition coefficient (Wildman–Crippen LogP) is 3.03. The number of rotatable bonds is 5. The third-order valence-electron chi connectivity index (χ3n) is 5.45. The number of nitrogens with zero attached hydrogens (tertiary/aromatic N) is 1. The highest BCUT2D eigenvalue weighted by Gasteiger charge is 2.40. The van der Waals surface area contributed by atoms with Gasteiger partial charge in [-0.15, -0.1) is 0 Å². The number of hydrogen-bond acceptors (Lipinski definition) is 2. The second-order valence-electron chi connectivity index (χ2n) is 7.59. The Morgan fingerprint density at radius 2 is 1.89 bits per heavy atom. The van der Waals surface area contributed by atoms with Gasteiger partial charge in [0.2, 0.25) is 0 Å². The Bertz CT molecular complexity index is 277. The van der Waals surface area contributed by atoms with Gasteiger partial charge in [0.05, 0.1) is 0 Å². The summed E-state index contributed by atoms with van der Waals surface area (Å²) < 4.78 is 0. The summed E-state index contributed by atoms with van der Waals surface area (Å²) in [6.45, 7) is 8.92. The maximum Gasteiger partial charge on any atom is 0.0195 e. The van der Waals surface area contributed by atoms with Crippen LogP contribution in [0.2, 0.25) is 0 Å². The average molecular weight is 250 g/mol. The van der Waals surface area contributed by atoms with Crippen LogP contribution in [0.25, 0.3) is 0 Å². The van der Waals surface area contributed by atoms with E-state index in [1.54, 1.807) is 0 Å². The van der Waals surface area contributed by atoms with Crippen molar-refractivity contribution in [2.75, 3.05) is 19.6 Å². The van der Waals surface area contributed by atoms with E-state index >= 15 is 0 Å². The van der Waals surface area contributed by atoms with Crippen molar-refractivity contribution in [2.24, 2.45) is 11.3 Å². The summed E-state index contributed by atoms with van der Waals surface area (Å²) in [4.78, 5) is 2.87. The van der Waals surface area contributed by atoms with Gasteiger partial charge in [0.1, 0.15) is 0 Å². The molecule has 1 aliphatic heterocycles. The molecule has 0 bridgehead atoms. The number of nitrogens with one attached hydrogen (secondary N) is 1. The van der Waals surface area contributed by atoms with E-state index in [1.165, 1.54) is 64.6 Å². The molecule has 0 aromatic heterocycles. The molecule has 3 fully saturated rings. The molecule has 18 heavy (non-hydrogen) atoms. The van der Waals surface area contributed by atoms with Gasteiger partial charge < -0.3 is 5.32 Å². The predicted molar refractivity (Wildman–Crippen MR) is 76.7 cm³/mol. The normalized spacial score (nSPS) is 35.5. The van der Waals surface area contributed by atoms with E-state index in [0.717, 1.165) is 18.0 Å². The second kappa shape index (κ2) is 5.13. The van der Waals surface area contributed by atoms with Crippen molar-refractivity contribution in [1.29, 1.82) is 0 Å². The molecule has 2 aliphatic carbocycles. The highest BCUT2D eigenvalue weighted by atomic mass is 15.2. The Morgan fingerprint density at radius 1 is 1.06 bits per heavy atom. The molecule has 0 spiro atoms. The van der Waals surface area contributed by atoms with Gasteiger partial charge in [0, 0.05) is 25.2 Å². The summed E-state index contributed by atoms with van der Waals surface area (Å²) in [6, 6.07) is 1.63. The van der Waals surface area contributed by atoms with Crippen LogP contribution >= 0.6 is 0 Å². The van der Waals surface area contributed by atoms with Gasteiger partial charge in [-0.1, -0.05) is 20.3 Å². The summed E-state index contributed by atoms with van der Waals surface area (Å²) >= 11 is 0. The average Bonchev–Trinajstić information content (AvgIpc) is 2.84. The second-order valence-corrected chi connectivity index (χ2v) is 7.59. The molecule has 2 unspecified atom stereocenters. The molecule has 104 valence electrons. The zero-order chi connectivity index (χ0) is 12.6. The molecule has 0 aromatic rings. The van der Waals surface area contributed by atoms with Gasteiger partial charge in [-0.05, 0) is 56.4 Å². The van der Waals surface area contributed by atoms with E-state index < -0.39 is 0 Å². The minimum atomic E-state index is 0.549. The van der Waals surface area contributed by atoms with Gasteiger partial charge in [-0.3, -0.25) is 4.90 Å². The lowest BCUT2D eigenvalue weighted by molar-refractivity contribution is 0.0986. The first kappa shape index (κ1) is 12.9. The minimum Gasteiger partial charge on any atom is -0.313 e. The van der Waals surface area contributed by atoms with Gasteiger partial charge in [0.15, 0.2) is 0 Å². The monoisotopic (exact) mass is 250 g/mol. The third kappa shape index (κ3) is 2.91. The highest BCUT2D eigenvalue weighted by Crippen LogP contribution is 2.42. The van der Waals surface area contributed by atoms with Gasteiger partial charge in [-0.25, -0.2) is 0 Å². The lowest BCUT2D eigenvalue weighted by Gasteiger charge is -2.39. The van der Waals surface area contributed by atoms with Crippen LogP contribution in [-0.4, -0.2) is 36.6 Å². The largest absolute Gasteiger partial charge is 0.313 e. The van der Waals surface area contributed by atoms with E-state index in [0.29, 0.717) is 5.41 Å². The lowest BCUT2D eigenvalue weighted by atomic mass is 9.86. The summed E-state index contributed by atoms with van der Waals surface area (Å²) in [5.41, 5.74) is 0.549. The van der Waals surface area contributed by atoms with Crippen molar-refractivity contribution in [2.45, 2.75) is 70.9 Å². The fraction of sp³-hybridized carbons (Fsp3) is 1.00. The maximum atomic E-state index is 3.69. The third-order valence-corrected chi connectivity index (χ3v) is 5.45. The molecule has 1 heterocycles. The van der Waals surface area contributed by atoms with E-state index in [-0.39, 0.29) is 0 Å². The molecule has 2 saturated carbocycles. The first-order valence-corrected chi connectivity index (χ1v) is 8.12. The Morgan fingerprint density at radius 3 is 2.44 bits per heavy atom. The standard InChI is InChI=1S/C16H30N2/c1-16(2)9-3-6-15(16)18(11-13-7-8-13)12-14-5-4-10-17-14/h13-15,17H,3-12H2,1-2H3. The van der Waals surface area contributed by atoms with Crippen molar-refractivity contribution in [1.82, 2.24) is 10.2 Å². The van der Waals surface area contributed by atoms with Gasteiger partial charge in [-0.2, -0.15) is 0 Å². The van der Waals surface area contributed by atoms with Crippen molar-refractivity contribution in [3.05, 3.63) is 0 Å². The molecule has 0 radical (unpaired) electrons. The summed E-state index contributed by atoms with van der Waals surface area (Å²) in [5, 5.41) is 3.69. The Kier molecular flexibility index (Phi) is 3.68. The lowest BCUT2D eigenvalue weighted by Crippen LogP contribution is -2.48. The molecular weight excluding hydrogens is 220 g/mol. The molecule has 2 nitrogen and oxygen atoms in total. The molecular formula is C16H30N2. The molecule has 1 saturated heterocycles. The first-order chi connectivity index (χ1) is 8.65. The van der Waals surface area contributed by atoms with Crippen LogP contribution in [0.4, 0.5) is 0 Å². The quantitative estimate of drug-likeness (QED) is 0.807. The molecule has 0 amide bonds. The van der Waals surface area contributed by atoms with E-state index in [9.17, 15) is 0 Å². The van der Waals surface area contributed by atoms with Gasteiger partial charge >= 0.3 is 0 Å². The Balaban J connectivity index is 1.63. The zero-order valence-corrected chi connectivity index (χ0v) is 12.3. The number of hydrogen-bond donors (Lipinski definition) is 1. The molecule has 3 rings (SSSR count). The van der Waals surface area contributed by atoms with Crippen LogP contribution in [-0.2, 0) is 0 Å². The SMILES string of the molecule is CC1(C)CCCC1N(CC1CC1)CC1CCCN1. The zero-order valence-electron chi connectivity index (χ0n) is 12.3. The van der Waals surface area contributed by atoms with Crippen LogP contribution in [0.1, 0.15) is 58.8 Å². The Labute approximate surface area is 113 Å². The summed E-state index contributed by atoms with van der Waals surface area (Å²) in [5.74, 6) is 1.03. The maximum absolute atomic E-state index is 3.69. The van der Waals surface area contributed by atoms with Crippen molar-refractivity contribution in [3.63, 3.8) is 0 Å².